The first-order valence-electron chi connectivity index (χ1n) is 9.70. The molecule has 1 N–H and O–H groups in total. The van der Waals surface area contributed by atoms with Crippen molar-refractivity contribution in [1.82, 2.24) is 19.4 Å². The van der Waals surface area contributed by atoms with Crippen LogP contribution >= 0.6 is 11.3 Å². The highest BCUT2D eigenvalue weighted by atomic mass is 32.1. The zero-order chi connectivity index (χ0) is 22.0. The van der Waals surface area contributed by atoms with Crippen LogP contribution in [0.3, 0.4) is 0 Å². The van der Waals surface area contributed by atoms with Crippen molar-refractivity contribution >= 4 is 33.6 Å². The molecule has 0 aromatic carbocycles. The molecule has 0 atom stereocenters. The number of alkyl carbamates (subject to hydrolysis) is 1. The van der Waals surface area contributed by atoms with Gasteiger partial charge in [0.2, 0.25) is 5.96 Å². The third-order valence-electron chi connectivity index (χ3n) is 5.04. The molecule has 0 fully saturated rings. The summed E-state index contributed by atoms with van der Waals surface area (Å²) in [5.41, 5.74) is 0.231. The molecule has 0 saturated carbocycles. The predicted molar refractivity (Wildman–Crippen MR) is 116 cm³/mol. The van der Waals surface area contributed by atoms with Crippen molar-refractivity contribution < 1.29 is 14.3 Å². The maximum Gasteiger partial charge on any atom is 0.413 e. The molecular formula is C19H27N5O5S. The summed E-state index contributed by atoms with van der Waals surface area (Å²) in [6, 6.07) is -0.257. The molecule has 2 aromatic rings. The summed E-state index contributed by atoms with van der Waals surface area (Å²) in [4.78, 5) is 45.5. The van der Waals surface area contributed by atoms with Gasteiger partial charge in [-0.05, 0) is 26.3 Å². The Bertz CT molecular complexity index is 1100. The predicted octanol–water partition coefficient (Wildman–Crippen LogP) is 1.29. The van der Waals surface area contributed by atoms with Gasteiger partial charge in [-0.3, -0.25) is 24.2 Å². The number of aliphatic imine (C=N–C) groups is 1. The number of rotatable bonds is 6. The Balaban J connectivity index is 2.08. The molecule has 30 heavy (non-hydrogen) atoms. The summed E-state index contributed by atoms with van der Waals surface area (Å²) < 4.78 is 12.7. The normalized spacial score (nSPS) is 13.9. The molecule has 0 unspecified atom stereocenters. The van der Waals surface area contributed by atoms with Crippen molar-refractivity contribution in [2.75, 3.05) is 33.9 Å². The number of ether oxygens (including phenoxy) is 2. The van der Waals surface area contributed by atoms with E-state index in [2.05, 4.69) is 15.0 Å². The smallest absolute Gasteiger partial charge is 0.413 e. The van der Waals surface area contributed by atoms with Crippen LogP contribution in [-0.4, -0.2) is 60.0 Å². The number of carbonyl (C=O) groups excluding carboxylic acids is 1. The molecule has 3 heterocycles. The van der Waals surface area contributed by atoms with Crippen LogP contribution in [0.4, 0.5) is 4.79 Å². The highest BCUT2D eigenvalue weighted by molar-refractivity contribution is 7.18. The zero-order valence-electron chi connectivity index (χ0n) is 17.9. The first-order chi connectivity index (χ1) is 14.3. The average molecular weight is 438 g/mol. The number of hydrogen-bond donors (Lipinski definition) is 1. The lowest BCUT2D eigenvalue weighted by Gasteiger charge is -2.19. The number of aryl methyl sites for hydroxylation is 1. The maximum absolute atomic E-state index is 13.2. The molecule has 11 heteroatoms. The number of nitrogens with one attached hydrogen (secondary N) is 1. The Labute approximate surface area is 177 Å². The summed E-state index contributed by atoms with van der Waals surface area (Å²) in [5, 5.41) is 3.17. The third kappa shape index (κ3) is 3.99. The van der Waals surface area contributed by atoms with Gasteiger partial charge < -0.3 is 14.4 Å². The van der Waals surface area contributed by atoms with Crippen LogP contribution in [0.15, 0.2) is 14.6 Å². The van der Waals surface area contributed by atoms with Crippen LogP contribution in [0.1, 0.15) is 30.3 Å². The minimum absolute atomic E-state index is 0.257. The van der Waals surface area contributed by atoms with Crippen molar-refractivity contribution in [2.45, 2.75) is 39.9 Å². The van der Waals surface area contributed by atoms with Gasteiger partial charge in [0.15, 0.2) is 0 Å². The number of fused-ring (bicyclic) bond motifs is 1. The van der Waals surface area contributed by atoms with Gasteiger partial charge in [-0.1, -0.05) is 0 Å². The van der Waals surface area contributed by atoms with Crippen molar-refractivity contribution in [1.29, 1.82) is 0 Å². The van der Waals surface area contributed by atoms with Gasteiger partial charge in [0.1, 0.15) is 4.83 Å². The average Bonchev–Trinajstić information content (AvgIpc) is 3.26. The number of carbonyl (C=O) groups is 1. The Hall–Kier alpha value is -2.66. The van der Waals surface area contributed by atoms with Crippen molar-refractivity contribution in [3.8, 4) is 0 Å². The SMILES string of the molecule is COCCn1c(=O)n(C(C)C)c(=O)c2c(C)c(CN3CCN=C3NC(=O)OC)sc21. The number of nitrogens with zero attached hydrogens (tertiary/aromatic N) is 4. The molecule has 164 valence electrons. The minimum Gasteiger partial charge on any atom is -0.453 e. The third-order valence-corrected chi connectivity index (χ3v) is 6.34. The molecule has 0 saturated heterocycles. The van der Waals surface area contributed by atoms with Crippen LogP contribution in [0.2, 0.25) is 0 Å². The van der Waals surface area contributed by atoms with E-state index < -0.39 is 6.09 Å². The van der Waals surface area contributed by atoms with E-state index in [1.807, 2.05) is 25.7 Å². The summed E-state index contributed by atoms with van der Waals surface area (Å²) in [7, 11) is 2.87. The number of thiophene rings is 1. The van der Waals surface area contributed by atoms with Crippen LogP contribution < -0.4 is 16.6 Å². The molecule has 2 aromatic heterocycles. The van der Waals surface area contributed by atoms with Crippen LogP contribution in [0.5, 0.6) is 0 Å². The monoisotopic (exact) mass is 437 g/mol. The summed E-state index contributed by atoms with van der Waals surface area (Å²) in [6.45, 7) is 7.93. The van der Waals surface area contributed by atoms with E-state index in [-0.39, 0.29) is 17.3 Å². The molecule has 1 aliphatic heterocycles. The highest BCUT2D eigenvalue weighted by Crippen LogP contribution is 2.29. The lowest BCUT2D eigenvalue weighted by Crippen LogP contribution is -2.41. The summed E-state index contributed by atoms with van der Waals surface area (Å²) in [5.74, 6) is 0.440. The van der Waals surface area contributed by atoms with E-state index >= 15 is 0 Å². The molecule has 0 spiro atoms. The van der Waals surface area contributed by atoms with E-state index in [1.54, 1.807) is 11.7 Å². The topological polar surface area (TPSA) is 107 Å². The van der Waals surface area contributed by atoms with Crippen molar-refractivity contribution in [3.63, 3.8) is 0 Å². The van der Waals surface area contributed by atoms with E-state index in [0.717, 1.165) is 10.4 Å². The van der Waals surface area contributed by atoms with Gasteiger partial charge in [-0.2, -0.15) is 0 Å². The Morgan fingerprint density at radius 3 is 2.67 bits per heavy atom. The van der Waals surface area contributed by atoms with Gasteiger partial charge >= 0.3 is 11.8 Å². The molecule has 0 radical (unpaired) electrons. The molecule has 3 rings (SSSR count). The fourth-order valence-electron chi connectivity index (χ4n) is 3.47. The minimum atomic E-state index is -0.582. The first-order valence-corrected chi connectivity index (χ1v) is 10.5. The lowest BCUT2D eigenvalue weighted by atomic mass is 10.2. The van der Waals surface area contributed by atoms with Gasteiger partial charge in [-0.25, -0.2) is 9.59 Å². The Morgan fingerprint density at radius 1 is 1.30 bits per heavy atom. The van der Waals surface area contributed by atoms with Gasteiger partial charge in [0.05, 0.1) is 38.7 Å². The molecule has 10 nitrogen and oxygen atoms in total. The second kappa shape index (κ2) is 9.00. The van der Waals surface area contributed by atoms with E-state index in [9.17, 15) is 14.4 Å². The molecule has 0 aliphatic carbocycles. The Morgan fingerprint density at radius 2 is 2.03 bits per heavy atom. The number of amides is 1. The number of aromatic nitrogens is 2. The lowest BCUT2D eigenvalue weighted by molar-refractivity contribution is 0.175. The van der Waals surface area contributed by atoms with E-state index in [1.165, 1.54) is 23.0 Å². The standard InChI is InChI=1S/C19H27N5O5S/c1-11(2)24-15(25)14-12(3)13(30-16(14)23(19(24)27)8-9-28-4)10-22-7-6-20-17(22)21-18(26)29-5/h11H,6-10H2,1-5H3,(H,20,21,26). The Kier molecular flexibility index (Phi) is 6.61. The first kappa shape index (κ1) is 22.0. The van der Waals surface area contributed by atoms with Crippen LogP contribution in [0.25, 0.3) is 10.2 Å². The van der Waals surface area contributed by atoms with Gasteiger partial charge in [0, 0.05) is 24.6 Å². The van der Waals surface area contributed by atoms with Gasteiger partial charge in [0.25, 0.3) is 5.56 Å². The van der Waals surface area contributed by atoms with E-state index in [0.29, 0.717) is 49.0 Å². The quantitative estimate of drug-likeness (QED) is 0.730. The molecule has 1 amide bonds. The fourth-order valence-corrected chi connectivity index (χ4v) is 4.80. The van der Waals surface area contributed by atoms with Crippen LogP contribution in [-0.2, 0) is 22.6 Å². The molecular weight excluding hydrogens is 410 g/mol. The number of methoxy groups -OCH3 is 2. The second-order valence-corrected chi connectivity index (χ2v) is 8.35. The van der Waals surface area contributed by atoms with Crippen LogP contribution in [0, 0.1) is 6.92 Å². The van der Waals surface area contributed by atoms with Crippen molar-refractivity contribution in [3.05, 3.63) is 31.3 Å². The van der Waals surface area contributed by atoms with E-state index in [4.69, 9.17) is 4.74 Å². The fraction of sp³-hybridized carbons (Fsp3) is 0.579. The number of guanidine groups is 1. The largest absolute Gasteiger partial charge is 0.453 e. The summed E-state index contributed by atoms with van der Waals surface area (Å²) in [6.07, 6.45) is -0.582. The zero-order valence-corrected chi connectivity index (χ0v) is 18.7. The van der Waals surface area contributed by atoms with Gasteiger partial charge in [-0.15, -0.1) is 11.3 Å². The van der Waals surface area contributed by atoms with Crippen molar-refractivity contribution in [2.24, 2.45) is 4.99 Å². The highest BCUT2D eigenvalue weighted by Gasteiger charge is 2.25. The number of hydrogen-bond acceptors (Lipinski definition) is 8. The summed E-state index contributed by atoms with van der Waals surface area (Å²) >= 11 is 1.42. The second-order valence-electron chi connectivity index (χ2n) is 7.27. The molecule has 0 bridgehead atoms. The maximum atomic E-state index is 13.2. The molecule has 1 aliphatic rings.